The second-order valence-corrected chi connectivity index (χ2v) is 5.70. The van der Waals surface area contributed by atoms with Crippen LogP contribution in [0.15, 0.2) is 29.1 Å². The van der Waals surface area contributed by atoms with Gasteiger partial charge in [0.25, 0.3) is 0 Å². The van der Waals surface area contributed by atoms with Gasteiger partial charge in [-0.1, -0.05) is 0 Å². The maximum Gasteiger partial charge on any atom is 0.149 e. The highest BCUT2D eigenvalue weighted by molar-refractivity contribution is 4.99. The fourth-order valence-corrected chi connectivity index (χ4v) is 2.94. The second kappa shape index (κ2) is 7.04. The van der Waals surface area contributed by atoms with Crippen molar-refractivity contribution in [1.82, 2.24) is 19.7 Å². The summed E-state index contributed by atoms with van der Waals surface area (Å²) in [6.45, 7) is 2.22. The van der Waals surface area contributed by atoms with Crippen LogP contribution in [0, 0.1) is 0 Å². The van der Waals surface area contributed by atoms with Crippen molar-refractivity contribution >= 4 is 0 Å². The first-order valence-electron chi connectivity index (χ1n) is 7.60. The number of hydrogen-bond donors (Lipinski definition) is 1. The van der Waals surface area contributed by atoms with Gasteiger partial charge in [0.1, 0.15) is 24.5 Å². The summed E-state index contributed by atoms with van der Waals surface area (Å²) in [5, 5.41) is 18.3. The van der Waals surface area contributed by atoms with E-state index in [-0.39, 0.29) is 6.04 Å². The molecule has 0 amide bonds. The molecule has 3 heterocycles. The number of aryl methyl sites for hydroxylation is 1. The molecule has 0 spiro atoms. The third-order valence-corrected chi connectivity index (χ3v) is 3.99. The zero-order valence-corrected chi connectivity index (χ0v) is 12.8. The van der Waals surface area contributed by atoms with E-state index in [4.69, 9.17) is 9.15 Å². The van der Waals surface area contributed by atoms with Crippen LogP contribution in [0.1, 0.15) is 30.5 Å². The average molecular weight is 306 g/mol. The fourth-order valence-electron chi connectivity index (χ4n) is 2.94. The molecular formula is C15H22N4O3. The number of ether oxygens (including phenoxy) is 1. The molecule has 7 heteroatoms. The number of aliphatic hydroxyl groups excluding tert-OH is 1. The van der Waals surface area contributed by atoms with Gasteiger partial charge >= 0.3 is 0 Å². The van der Waals surface area contributed by atoms with Crippen LogP contribution in [0.3, 0.4) is 0 Å². The van der Waals surface area contributed by atoms with Crippen LogP contribution in [0.5, 0.6) is 0 Å². The highest BCUT2D eigenvalue weighted by Gasteiger charge is 2.30. The minimum atomic E-state index is -0.524. The monoisotopic (exact) mass is 306 g/mol. The van der Waals surface area contributed by atoms with Gasteiger partial charge in [-0.25, -0.2) is 0 Å². The molecule has 1 aliphatic heterocycles. The smallest absolute Gasteiger partial charge is 0.149 e. The lowest BCUT2D eigenvalue weighted by Gasteiger charge is -2.25. The molecule has 0 bridgehead atoms. The Balaban J connectivity index is 1.48. The lowest BCUT2D eigenvalue weighted by molar-refractivity contribution is 0.00247. The van der Waals surface area contributed by atoms with E-state index < -0.39 is 6.10 Å². The number of likely N-dealkylation sites (tertiary alicyclic amines) is 1. The highest BCUT2D eigenvalue weighted by atomic mass is 16.5. The lowest BCUT2D eigenvalue weighted by atomic mass is 10.2. The number of furan rings is 1. The van der Waals surface area contributed by atoms with Crippen molar-refractivity contribution in [3.8, 4) is 0 Å². The quantitative estimate of drug-likeness (QED) is 0.826. The van der Waals surface area contributed by atoms with Crippen LogP contribution in [0.2, 0.25) is 0 Å². The van der Waals surface area contributed by atoms with Gasteiger partial charge in [-0.05, 0) is 31.5 Å². The fraction of sp³-hybridized carbons (Fsp3) is 0.600. The van der Waals surface area contributed by atoms with Crippen molar-refractivity contribution in [2.45, 2.75) is 31.6 Å². The van der Waals surface area contributed by atoms with E-state index >= 15 is 0 Å². The highest BCUT2D eigenvalue weighted by Crippen LogP contribution is 2.30. The molecule has 0 radical (unpaired) electrons. The molecule has 2 aromatic rings. The Bertz CT molecular complexity index is 569. The Hall–Kier alpha value is -1.70. The van der Waals surface area contributed by atoms with Gasteiger partial charge in [0.05, 0.1) is 25.0 Å². The molecule has 2 unspecified atom stereocenters. The largest absolute Gasteiger partial charge is 0.467 e. The number of aliphatic hydroxyl groups is 1. The normalized spacial score (nSPS) is 20.5. The van der Waals surface area contributed by atoms with E-state index in [0.29, 0.717) is 19.8 Å². The number of nitrogens with zero attached hydrogens (tertiary/aromatic N) is 4. The summed E-state index contributed by atoms with van der Waals surface area (Å²) in [5.74, 6) is 1.73. The first-order chi connectivity index (χ1) is 10.7. The predicted octanol–water partition coefficient (Wildman–Crippen LogP) is 1.12. The van der Waals surface area contributed by atoms with Crippen LogP contribution < -0.4 is 0 Å². The first kappa shape index (κ1) is 15.2. The number of rotatable bonds is 7. The summed E-state index contributed by atoms with van der Waals surface area (Å²) in [7, 11) is 1.95. The zero-order valence-electron chi connectivity index (χ0n) is 12.8. The van der Waals surface area contributed by atoms with Crippen LogP contribution in [-0.4, -0.2) is 50.6 Å². The molecule has 3 rings (SSSR count). The summed E-state index contributed by atoms with van der Waals surface area (Å²) >= 11 is 0. The maximum absolute atomic E-state index is 10.2. The molecule has 1 aliphatic rings. The van der Waals surface area contributed by atoms with Crippen molar-refractivity contribution in [2.75, 3.05) is 19.7 Å². The molecule has 2 atom stereocenters. The molecule has 0 saturated carbocycles. The first-order valence-corrected chi connectivity index (χ1v) is 7.60. The van der Waals surface area contributed by atoms with Crippen LogP contribution in [0.4, 0.5) is 0 Å². The van der Waals surface area contributed by atoms with Gasteiger partial charge in [0.15, 0.2) is 0 Å². The van der Waals surface area contributed by atoms with Crippen LogP contribution in [0.25, 0.3) is 0 Å². The zero-order chi connectivity index (χ0) is 15.4. The molecule has 2 aromatic heterocycles. The van der Waals surface area contributed by atoms with Gasteiger partial charge in [0, 0.05) is 13.6 Å². The summed E-state index contributed by atoms with van der Waals surface area (Å²) in [6, 6.07) is 3.91. The Morgan fingerprint density at radius 1 is 1.55 bits per heavy atom. The minimum Gasteiger partial charge on any atom is -0.467 e. The van der Waals surface area contributed by atoms with E-state index in [1.54, 1.807) is 12.6 Å². The van der Waals surface area contributed by atoms with Gasteiger partial charge in [-0.15, -0.1) is 10.2 Å². The van der Waals surface area contributed by atoms with Gasteiger partial charge in [-0.2, -0.15) is 0 Å². The number of hydrogen-bond acceptors (Lipinski definition) is 6. The van der Waals surface area contributed by atoms with Crippen molar-refractivity contribution < 1.29 is 14.3 Å². The molecule has 22 heavy (non-hydrogen) atoms. The standard InChI is InChI=1S/C15H22N4O3/c1-18-11-16-17-15(18)14-5-2-6-19(14)8-12(20)9-21-10-13-4-3-7-22-13/h3-4,7,11-12,14,20H,2,5-6,8-10H2,1H3. The molecular weight excluding hydrogens is 284 g/mol. The second-order valence-electron chi connectivity index (χ2n) is 5.70. The van der Waals surface area contributed by atoms with Crippen LogP contribution >= 0.6 is 0 Å². The average Bonchev–Trinajstić information content (AvgIpc) is 3.21. The van der Waals surface area contributed by atoms with E-state index in [9.17, 15) is 5.11 Å². The van der Waals surface area contributed by atoms with Crippen molar-refractivity contribution in [2.24, 2.45) is 7.05 Å². The van der Waals surface area contributed by atoms with Crippen LogP contribution in [-0.2, 0) is 18.4 Å². The molecule has 1 N–H and O–H groups in total. The Morgan fingerprint density at radius 3 is 3.18 bits per heavy atom. The van der Waals surface area contributed by atoms with E-state index in [2.05, 4.69) is 15.1 Å². The van der Waals surface area contributed by atoms with E-state index in [1.165, 1.54) is 0 Å². The van der Waals surface area contributed by atoms with Gasteiger partial charge in [-0.3, -0.25) is 4.90 Å². The molecule has 7 nitrogen and oxygen atoms in total. The molecule has 0 aliphatic carbocycles. The van der Waals surface area contributed by atoms with Gasteiger partial charge < -0.3 is 18.8 Å². The minimum absolute atomic E-state index is 0.229. The summed E-state index contributed by atoms with van der Waals surface area (Å²) in [5.41, 5.74) is 0. The Morgan fingerprint density at radius 2 is 2.45 bits per heavy atom. The summed E-state index contributed by atoms with van der Waals surface area (Å²) < 4.78 is 12.6. The predicted molar refractivity (Wildman–Crippen MR) is 78.9 cm³/mol. The van der Waals surface area contributed by atoms with Crippen molar-refractivity contribution in [3.05, 3.63) is 36.3 Å². The Labute approximate surface area is 129 Å². The van der Waals surface area contributed by atoms with Crippen molar-refractivity contribution in [3.63, 3.8) is 0 Å². The molecule has 0 aromatic carbocycles. The molecule has 1 saturated heterocycles. The van der Waals surface area contributed by atoms with E-state index in [0.717, 1.165) is 31.0 Å². The number of β-amino-alcohol motifs (C(OH)–C–C–N with tert-alkyl or cyclic N) is 1. The Kier molecular flexibility index (Phi) is 4.87. The van der Waals surface area contributed by atoms with E-state index in [1.807, 2.05) is 23.7 Å². The third-order valence-electron chi connectivity index (χ3n) is 3.99. The topological polar surface area (TPSA) is 76.6 Å². The number of aromatic nitrogens is 3. The SMILES string of the molecule is Cn1cnnc1C1CCCN1CC(O)COCc1ccco1. The third kappa shape index (κ3) is 3.55. The molecule has 120 valence electrons. The summed E-state index contributed by atoms with van der Waals surface area (Å²) in [6.07, 6.45) is 4.97. The lowest BCUT2D eigenvalue weighted by Crippen LogP contribution is -2.35. The van der Waals surface area contributed by atoms with Crippen molar-refractivity contribution in [1.29, 1.82) is 0 Å². The van der Waals surface area contributed by atoms with Gasteiger partial charge in [0.2, 0.25) is 0 Å². The summed E-state index contributed by atoms with van der Waals surface area (Å²) in [4.78, 5) is 2.25. The maximum atomic E-state index is 10.2. The molecule has 1 fully saturated rings.